The molecular formula is C18H26BrNO. The van der Waals surface area contributed by atoms with Gasteiger partial charge in [0.1, 0.15) is 5.75 Å². The second-order valence-electron chi connectivity index (χ2n) is 6.92. The number of benzene rings is 1. The van der Waals surface area contributed by atoms with Crippen molar-refractivity contribution in [2.24, 2.45) is 11.8 Å². The second-order valence-corrected chi connectivity index (χ2v) is 7.77. The lowest BCUT2D eigenvalue weighted by atomic mass is 9.80. The molecule has 0 aliphatic heterocycles. The predicted octanol–water partition coefficient (Wildman–Crippen LogP) is 4.90. The van der Waals surface area contributed by atoms with Crippen molar-refractivity contribution in [3.63, 3.8) is 0 Å². The molecular weight excluding hydrogens is 326 g/mol. The maximum atomic E-state index is 6.24. The molecule has 2 nitrogen and oxygen atoms in total. The van der Waals surface area contributed by atoms with Gasteiger partial charge < -0.3 is 10.1 Å². The van der Waals surface area contributed by atoms with E-state index in [1.54, 1.807) is 0 Å². The quantitative estimate of drug-likeness (QED) is 0.813. The van der Waals surface area contributed by atoms with E-state index < -0.39 is 0 Å². The zero-order chi connectivity index (χ0) is 14.8. The molecule has 0 saturated heterocycles. The number of halogens is 1. The first kappa shape index (κ1) is 15.4. The molecule has 0 radical (unpaired) electrons. The molecule has 1 aromatic carbocycles. The van der Waals surface area contributed by atoms with E-state index in [-0.39, 0.29) is 0 Å². The van der Waals surface area contributed by atoms with Crippen molar-refractivity contribution in [1.82, 2.24) is 5.32 Å². The minimum Gasteiger partial charge on any atom is -0.490 e. The van der Waals surface area contributed by atoms with Gasteiger partial charge in [-0.05, 0) is 67.7 Å². The summed E-state index contributed by atoms with van der Waals surface area (Å²) in [6.07, 6.45) is 6.71. The van der Waals surface area contributed by atoms with Crippen LogP contribution in [0.5, 0.6) is 5.75 Å². The van der Waals surface area contributed by atoms with Gasteiger partial charge in [0, 0.05) is 17.1 Å². The van der Waals surface area contributed by atoms with Crippen LogP contribution in [0.4, 0.5) is 0 Å². The van der Waals surface area contributed by atoms with E-state index >= 15 is 0 Å². The van der Waals surface area contributed by atoms with E-state index in [2.05, 4.69) is 53.3 Å². The molecule has 0 spiro atoms. The minimum absolute atomic E-state index is 0.390. The molecule has 3 rings (SSSR count). The Kier molecular flexibility index (Phi) is 4.90. The van der Waals surface area contributed by atoms with Gasteiger partial charge in [0.25, 0.3) is 0 Å². The fourth-order valence-electron chi connectivity index (χ4n) is 3.10. The van der Waals surface area contributed by atoms with E-state index in [9.17, 15) is 0 Å². The van der Waals surface area contributed by atoms with Gasteiger partial charge in [-0.2, -0.15) is 0 Å². The first-order chi connectivity index (χ1) is 10.1. The van der Waals surface area contributed by atoms with E-state index in [1.165, 1.54) is 42.1 Å². The highest BCUT2D eigenvalue weighted by atomic mass is 79.9. The Morgan fingerprint density at radius 2 is 1.95 bits per heavy atom. The zero-order valence-electron chi connectivity index (χ0n) is 13.1. The molecule has 2 saturated carbocycles. The number of nitrogens with one attached hydrogen (secondary N) is 1. The van der Waals surface area contributed by atoms with Crippen LogP contribution in [0.15, 0.2) is 22.7 Å². The third kappa shape index (κ3) is 4.23. The Balaban J connectivity index is 1.60. The number of hydrogen-bond donors (Lipinski definition) is 1. The Labute approximate surface area is 136 Å². The van der Waals surface area contributed by atoms with Crippen LogP contribution < -0.4 is 10.1 Å². The zero-order valence-corrected chi connectivity index (χ0v) is 14.7. The fraction of sp³-hybridized carbons (Fsp3) is 0.667. The predicted molar refractivity (Wildman–Crippen MR) is 90.6 cm³/mol. The third-order valence-electron chi connectivity index (χ3n) is 5.03. The van der Waals surface area contributed by atoms with Crippen LogP contribution >= 0.6 is 15.9 Å². The molecule has 0 amide bonds. The summed E-state index contributed by atoms with van der Waals surface area (Å²) in [7, 11) is 0. The molecule has 0 aromatic heterocycles. The average molecular weight is 352 g/mol. The highest BCUT2D eigenvalue weighted by Crippen LogP contribution is 2.33. The van der Waals surface area contributed by atoms with Gasteiger partial charge >= 0.3 is 0 Å². The number of ether oxygens (including phenoxy) is 1. The molecule has 2 aliphatic rings. The molecule has 2 fully saturated rings. The average Bonchev–Trinajstić information content (AvgIpc) is 3.28. The van der Waals surface area contributed by atoms with E-state index in [4.69, 9.17) is 4.74 Å². The standard InChI is InChI=1S/C18H26BrNO/c1-12-3-6-16(9-13(12)2)21-17-7-8-18(19)14(10-17)11-20-15-4-5-15/h7-8,10,12-13,15-16,20H,3-6,9,11H2,1-2H3. The van der Waals surface area contributed by atoms with Gasteiger partial charge in [-0.25, -0.2) is 0 Å². The van der Waals surface area contributed by atoms with Crippen LogP contribution in [-0.4, -0.2) is 12.1 Å². The Bertz CT molecular complexity index is 486. The molecule has 21 heavy (non-hydrogen) atoms. The molecule has 2 aliphatic carbocycles. The van der Waals surface area contributed by atoms with Gasteiger partial charge in [0.15, 0.2) is 0 Å². The van der Waals surface area contributed by atoms with Crippen molar-refractivity contribution >= 4 is 15.9 Å². The molecule has 0 heterocycles. The Morgan fingerprint density at radius 3 is 2.67 bits per heavy atom. The highest BCUT2D eigenvalue weighted by molar-refractivity contribution is 9.10. The van der Waals surface area contributed by atoms with Crippen LogP contribution in [0.25, 0.3) is 0 Å². The van der Waals surface area contributed by atoms with Crippen molar-refractivity contribution in [3.8, 4) is 5.75 Å². The van der Waals surface area contributed by atoms with Crippen molar-refractivity contribution in [2.45, 2.75) is 64.6 Å². The van der Waals surface area contributed by atoms with Crippen LogP contribution in [-0.2, 0) is 6.54 Å². The molecule has 1 aromatic rings. The SMILES string of the molecule is CC1CCC(Oc2ccc(Br)c(CNC3CC3)c2)CC1C. The molecule has 1 N–H and O–H groups in total. The smallest absolute Gasteiger partial charge is 0.120 e. The van der Waals surface area contributed by atoms with Crippen LogP contribution in [0.1, 0.15) is 51.5 Å². The highest BCUT2D eigenvalue weighted by Gasteiger charge is 2.26. The fourth-order valence-corrected chi connectivity index (χ4v) is 3.49. The topological polar surface area (TPSA) is 21.3 Å². The van der Waals surface area contributed by atoms with Gasteiger partial charge in [-0.15, -0.1) is 0 Å². The molecule has 3 unspecified atom stereocenters. The summed E-state index contributed by atoms with van der Waals surface area (Å²) in [6.45, 7) is 5.65. The van der Waals surface area contributed by atoms with Crippen LogP contribution in [0, 0.1) is 11.8 Å². The second kappa shape index (κ2) is 6.70. The lowest BCUT2D eigenvalue weighted by Gasteiger charge is -2.32. The summed E-state index contributed by atoms with van der Waals surface area (Å²) in [4.78, 5) is 0. The van der Waals surface area contributed by atoms with Crippen molar-refractivity contribution in [3.05, 3.63) is 28.2 Å². The third-order valence-corrected chi connectivity index (χ3v) is 5.80. The van der Waals surface area contributed by atoms with Crippen molar-refractivity contribution in [2.75, 3.05) is 0 Å². The van der Waals surface area contributed by atoms with E-state index in [0.29, 0.717) is 6.10 Å². The first-order valence-electron chi connectivity index (χ1n) is 8.30. The molecule has 3 heteroatoms. The van der Waals surface area contributed by atoms with Crippen molar-refractivity contribution in [1.29, 1.82) is 0 Å². The maximum absolute atomic E-state index is 6.24. The van der Waals surface area contributed by atoms with Gasteiger partial charge in [0.05, 0.1) is 6.10 Å². The molecule has 0 bridgehead atoms. The minimum atomic E-state index is 0.390. The Morgan fingerprint density at radius 1 is 1.14 bits per heavy atom. The summed E-state index contributed by atoms with van der Waals surface area (Å²) < 4.78 is 7.42. The van der Waals surface area contributed by atoms with E-state index in [0.717, 1.165) is 30.2 Å². The molecule has 116 valence electrons. The summed E-state index contributed by atoms with van der Waals surface area (Å²) >= 11 is 3.65. The number of hydrogen-bond acceptors (Lipinski definition) is 2. The summed E-state index contributed by atoms with van der Waals surface area (Å²) in [5, 5.41) is 3.57. The van der Waals surface area contributed by atoms with E-state index in [1.807, 2.05) is 0 Å². The largest absolute Gasteiger partial charge is 0.490 e. The van der Waals surface area contributed by atoms with Gasteiger partial charge in [-0.3, -0.25) is 0 Å². The van der Waals surface area contributed by atoms with Crippen LogP contribution in [0.2, 0.25) is 0 Å². The maximum Gasteiger partial charge on any atom is 0.120 e. The monoisotopic (exact) mass is 351 g/mol. The Hall–Kier alpha value is -0.540. The number of rotatable bonds is 5. The normalized spacial score (nSPS) is 29.4. The molecule has 3 atom stereocenters. The summed E-state index contributed by atoms with van der Waals surface area (Å²) in [5.74, 6) is 2.64. The lowest BCUT2D eigenvalue weighted by Crippen LogP contribution is -2.28. The lowest BCUT2D eigenvalue weighted by molar-refractivity contribution is 0.100. The van der Waals surface area contributed by atoms with Gasteiger partial charge in [-0.1, -0.05) is 29.8 Å². The van der Waals surface area contributed by atoms with Crippen molar-refractivity contribution < 1.29 is 4.74 Å². The van der Waals surface area contributed by atoms with Crippen LogP contribution in [0.3, 0.4) is 0 Å². The summed E-state index contributed by atoms with van der Waals surface area (Å²) in [5.41, 5.74) is 1.30. The first-order valence-corrected chi connectivity index (χ1v) is 9.09. The summed E-state index contributed by atoms with van der Waals surface area (Å²) in [6, 6.07) is 7.14. The van der Waals surface area contributed by atoms with Gasteiger partial charge in [0.2, 0.25) is 0 Å².